The maximum absolute atomic E-state index is 13.8. The zero-order valence-electron chi connectivity index (χ0n) is 21.5. The average Bonchev–Trinajstić information content (AvgIpc) is 3.44. The molecule has 2 aliphatic rings. The van der Waals surface area contributed by atoms with Crippen LogP contribution in [0.15, 0.2) is 84.3 Å². The summed E-state index contributed by atoms with van der Waals surface area (Å²) in [6.45, 7) is 0. The van der Waals surface area contributed by atoms with Gasteiger partial charge in [0.15, 0.2) is 17.3 Å². The first-order chi connectivity index (χ1) is 18.6. The van der Waals surface area contributed by atoms with E-state index in [1.54, 1.807) is 26.0 Å². The molecule has 6 rings (SSSR count). The Morgan fingerprint density at radius 1 is 0.842 bits per heavy atom. The molecule has 38 heavy (non-hydrogen) atoms. The molecule has 8 heteroatoms. The van der Waals surface area contributed by atoms with E-state index in [2.05, 4.69) is 51.8 Å². The zero-order chi connectivity index (χ0) is 26.2. The topological polar surface area (TPSA) is 87.5 Å². The van der Waals surface area contributed by atoms with Crippen LogP contribution >= 0.6 is 0 Å². The standard InChI is InChI=1S/C30H28N4O4/c1-36-25-15-22(16-26(37-2)29(25)38-3)21-13-23-27(24(35)14-21)28(34-30(33-23)31-17-32-34)20-11-9-19(10-12-20)18-7-5-4-6-8-18/h4-12,15-17,21,28H,13-14H2,1-3H3,(H,31,32,33)/t21-,28+/m1/s1. The lowest BCUT2D eigenvalue weighted by Crippen LogP contribution is -2.33. The fraction of sp³-hybridized carbons (Fsp3) is 0.233. The second kappa shape index (κ2) is 9.70. The second-order valence-electron chi connectivity index (χ2n) is 9.42. The summed E-state index contributed by atoms with van der Waals surface area (Å²) in [5, 5.41) is 7.86. The molecule has 1 aliphatic carbocycles. The molecule has 0 spiro atoms. The number of anilines is 1. The number of hydrogen-bond donors (Lipinski definition) is 1. The molecule has 2 heterocycles. The van der Waals surface area contributed by atoms with Gasteiger partial charge in [0.2, 0.25) is 11.7 Å². The van der Waals surface area contributed by atoms with Crippen LogP contribution in [0.5, 0.6) is 17.2 Å². The number of allylic oxidation sites excluding steroid dienone is 2. The molecule has 0 unspecified atom stereocenters. The highest BCUT2D eigenvalue weighted by Gasteiger charge is 2.39. The normalized spacial score (nSPS) is 18.3. The van der Waals surface area contributed by atoms with Crippen LogP contribution in [0.3, 0.4) is 0 Å². The van der Waals surface area contributed by atoms with Crippen molar-refractivity contribution < 1.29 is 19.0 Å². The number of Topliss-reactive ketones (excluding diaryl/α,β-unsaturated/α-hetero) is 1. The Morgan fingerprint density at radius 2 is 1.53 bits per heavy atom. The van der Waals surface area contributed by atoms with Gasteiger partial charge in [0.1, 0.15) is 12.4 Å². The molecule has 0 saturated heterocycles. The number of carbonyl (C=O) groups excluding carboxylic acids is 1. The Bertz CT molecular complexity index is 1500. The quantitative estimate of drug-likeness (QED) is 0.374. The lowest BCUT2D eigenvalue weighted by atomic mass is 9.77. The fourth-order valence-corrected chi connectivity index (χ4v) is 5.52. The molecule has 0 radical (unpaired) electrons. The summed E-state index contributed by atoms with van der Waals surface area (Å²) in [6, 6.07) is 22.1. The molecule has 1 aromatic heterocycles. The average molecular weight is 509 g/mol. The molecule has 2 atom stereocenters. The molecule has 0 saturated carbocycles. The Morgan fingerprint density at radius 3 is 2.18 bits per heavy atom. The van der Waals surface area contributed by atoms with E-state index in [1.165, 1.54) is 6.33 Å². The Kier molecular flexibility index (Phi) is 6.07. The van der Waals surface area contributed by atoms with Gasteiger partial charge in [0.25, 0.3) is 0 Å². The fourth-order valence-electron chi connectivity index (χ4n) is 5.52. The summed E-state index contributed by atoms with van der Waals surface area (Å²) in [5.41, 5.74) is 5.82. The van der Waals surface area contributed by atoms with Crippen molar-refractivity contribution in [1.82, 2.24) is 14.8 Å². The SMILES string of the molecule is COc1cc([C@H]2CC(=O)C3=C(C2)Nc2ncnn2[C@H]3c2ccc(-c3ccccc3)cc2)cc(OC)c1OC. The highest BCUT2D eigenvalue weighted by molar-refractivity contribution is 6.00. The van der Waals surface area contributed by atoms with Crippen molar-refractivity contribution in [2.45, 2.75) is 24.8 Å². The third-order valence-electron chi connectivity index (χ3n) is 7.35. The predicted molar refractivity (Wildman–Crippen MR) is 144 cm³/mol. The molecule has 8 nitrogen and oxygen atoms in total. The van der Waals surface area contributed by atoms with Crippen molar-refractivity contribution in [2.24, 2.45) is 0 Å². The second-order valence-corrected chi connectivity index (χ2v) is 9.42. The summed E-state index contributed by atoms with van der Waals surface area (Å²) in [6.07, 6.45) is 2.53. The van der Waals surface area contributed by atoms with E-state index in [9.17, 15) is 4.79 Å². The number of ketones is 1. The highest BCUT2D eigenvalue weighted by atomic mass is 16.5. The van der Waals surface area contributed by atoms with Gasteiger partial charge in [-0.2, -0.15) is 10.1 Å². The smallest absolute Gasteiger partial charge is 0.226 e. The van der Waals surface area contributed by atoms with Crippen molar-refractivity contribution in [1.29, 1.82) is 0 Å². The molecule has 1 N–H and O–H groups in total. The lowest BCUT2D eigenvalue weighted by molar-refractivity contribution is -0.116. The van der Waals surface area contributed by atoms with Crippen molar-refractivity contribution >= 4 is 11.7 Å². The maximum Gasteiger partial charge on any atom is 0.226 e. The van der Waals surface area contributed by atoms with Crippen LogP contribution in [0.1, 0.15) is 35.9 Å². The molecular weight excluding hydrogens is 480 g/mol. The minimum atomic E-state index is -0.345. The molecular formula is C30H28N4O4. The molecule has 192 valence electrons. The third-order valence-corrected chi connectivity index (χ3v) is 7.35. The number of benzene rings is 3. The summed E-state index contributed by atoms with van der Waals surface area (Å²) < 4.78 is 18.4. The van der Waals surface area contributed by atoms with E-state index < -0.39 is 0 Å². The molecule has 3 aromatic carbocycles. The van der Waals surface area contributed by atoms with Gasteiger partial charge < -0.3 is 19.5 Å². The number of nitrogens with one attached hydrogen (secondary N) is 1. The van der Waals surface area contributed by atoms with Gasteiger partial charge >= 0.3 is 0 Å². The Labute approximate surface area is 220 Å². The van der Waals surface area contributed by atoms with Crippen LogP contribution in [0.2, 0.25) is 0 Å². The van der Waals surface area contributed by atoms with Gasteiger partial charge in [-0.15, -0.1) is 0 Å². The number of carbonyl (C=O) groups is 1. The van der Waals surface area contributed by atoms with E-state index in [-0.39, 0.29) is 17.7 Å². The van der Waals surface area contributed by atoms with Crippen LogP contribution in [0, 0.1) is 0 Å². The van der Waals surface area contributed by atoms with Crippen molar-refractivity contribution in [3.63, 3.8) is 0 Å². The molecule has 4 aromatic rings. The van der Waals surface area contributed by atoms with E-state index >= 15 is 0 Å². The number of fused-ring (bicyclic) bond motifs is 1. The lowest BCUT2D eigenvalue weighted by Gasteiger charge is -2.35. The predicted octanol–water partition coefficient (Wildman–Crippen LogP) is 5.39. The van der Waals surface area contributed by atoms with E-state index in [0.29, 0.717) is 36.0 Å². The van der Waals surface area contributed by atoms with Crippen molar-refractivity contribution in [3.8, 4) is 28.4 Å². The van der Waals surface area contributed by atoms with E-state index in [1.807, 2.05) is 30.3 Å². The van der Waals surface area contributed by atoms with E-state index in [4.69, 9.17) is 14.2 Å². The number of ether oxygens (including phenoxy) is 3. The molecule has 0 bridgehead atoms. The van der Waals surface area contributed by atoms with Gasteiger partial charge in [-0.25, -0.2) is 4.68 Å². The van der Waals surface area contributed by atoms with Crippen molar-refractivity contribution in [3.05, 3.63) is 95.5 Å². The third kappa shape index (κ3) is 3.98. The van der Waals surface area contributed by atoms with Gasteiger partial charge in [-0.05, 0) is 46.7 Å². The van der Waals surface area contributed by atoms with E-state index in [0.717, 1.165) is 33.5 Å². The van der Waals surface area contributed by atoms with Gasteiger partial charge in [-0.3, -0.25) is 4.79 Å². The minimum absolute atomic E-state index is 0.0574. The Hall–Kier alpha value is -4.59. The van der Waals surface area contributed by atoms with Gasteiger partial charge in [0.05, 0.1) is 21.3 Å². The maximum atomic E-state index is 13.8. The van der Waals surface area contributed by atoms with Gasteiger partial charge in [-0.1, -0.05) is 54.6 Å². The highest BCUT2D eigenvalue weighted by Crippen LogP contribution is 2.47. The van der Waals surface area contributed by atoms with Gasteiger partial charge in [0, 0.05) is 17.7 Å². The Balaban J connectivity index is 1.38. The first-order valence-electron chi connectivity index (χ1n) is 12.5. The summed E-state index contributed by atoms with van der Waals surface area (Å²) in [5.74, 6) is 2.32. The molecule has 1 aliphatic heterocycles. The number of nitrogens with zero attached hydrogens (tertiary/aromatic N) is 3. The summed E-state index contributed by atoms with van der Waals surface area (Å²) in [4.78, 5) is 18.2. The number of rotatable bonds is 6. The first kappa shape index (κ1) is 23.8. The van der Waals surface area contributed by atoms with Crippen LogP contribution < -0.4 is 19.5 Å². The number of aromatic nitrogens is 3. The number of hydrogen-bond acceptors (Lipinski definition) is 7. The summed E-state index contributed by atoms with van der Waals surface area (Å²) in [7, 11) is 4.77. The van der Waals surface area contributed by atoms with Crippen LogP contribution in [-0.4, -0.2) is 41.9 Å². The molecule has 0 fully saturated rings. The number of methoxy groups -OCH3 is 3. The first-order valence-corrected chi connectivity index (χ1v) is 12.5. The van der Waals surface area contributed by atoms with Crippen LogP contribution in [0.4, 0.5) is 5.95 Å². The monoisotopic (exact) mass is 508 g/mol. The van der Waals surface area contributed by atoms with Crippen LogP contribution in [-0.2, 0) is 4.79 Å². The zero-order valence-corrected chi connectivity index (χ0v) is 21.5. The minimum Gasteiger partial charge on any atom is -0.493 e. The van der Waals surface area contributed by atoms with Crippen LogP contribution in [0.25, 0.3) is 11.1 Å². The summed E-state index contributed by atoms with van der Waals surface area (Å²) >= 11 is 0. The largest absolute Gasteiger partial charge is 0.493 e. The molecule has 0 amide bonds. The van der Waals surface area contributed by atoms with Crippen molar-refractivity contribution in [2.75, 3.05) is 26.6 Å².